The van der Waals surface area contributed by atoms with Crippen molar-refractivity contribution in [3.05, 3.63) is 119 Å². The van der Waals surface area contributed by atoms with Gasteiger partial charge in [-0.05, 0) is 129 Å². The molecule has 2 aromatic carbocycles. The van der Waals surface area contributed by atoms with Gasteiger partial charge < -0.3 is 9.97 Å². The largest absolute Gasteiger partial charge is 0.355 e. The highest BCUT2D eigenvalue weighted by molar-refractivity contribution is 6.91. The Kier molecular flexibility index (Phi) is 12.3. The highest BCUT2D eigenvalue weighted by Gasteiger charge is 2.42. The third-order valence-electron chi connectivity index (χ3n) is 13.3. The molecule has 0 atom stereocenters. The molecule has 4 nitrogen and oxygen atoms in total. The van der Waals surface area contributed by atoms with E-state index in [1.54, 1.807) is 0 Å². The van der Waals surface area contributed by atoms with Crippen molar-refractivity contribution in [3.63, 3.8) is 0 Å². The van der Waals surface area contributed by atoms with Gasteiger partial charge in [0.1, 0.15) is 16.1 Å². The molecule has 0 spiro atoms. The monoisotopic (exact) mass is 822 g/mol. The first-order valence-corrected chi connectivity index (χ1v) is 26.5. The molecule has 0 saturated heterocycles. The van der Waals surface area contributed by atoms with E-state index in [0.29, 0.717) is 33.2 Å². The van der Waals surface area contributed by atoms with E-state index < -0.39 is 16.1 Å². The summed E-state index contributed by atoms with van der Waals surface area (Å²) >= 11 is 0. The van der Waals surface area contributed by atoms with E-state index in [1.165, 1.54) is 0 Å². The molecule has 0 fully saturated rings. The Morgan fingerprint density at radius 1 is 0.417 bits per heavy atom. The number of aromatic amines is 2. The van der Waals surface area contributed by atoms with E-state index in [2.05, 4.69) is 225 Å². The quantitative estimate of drug-likeness (QED) is 0.118. The third kappa shape index (κ3) is 8.21. The van der Waals surface area contributed by atoms with Crippen LogP contribution in [-0.4, -0.2) is 36.1 Å². The Morgan fingerprint density at radius 3 is 1.12 bits per heavy atom. The maximum Gasteiger partial charge on any atom is 0.146 e. The van der Waals surface area contributed by atoms with Gasteiger partial charge in [0, 0.05) is 44.3 Å². The zero-order valence-electron chi connectivity index (χ0n) is 37.8. The van der Waals surface area contributed by atoms with Crippen LogP contribution in [0.4, 0.5) is 0 Å². The van der Waals surface area contributed by atoms with Gasteiger partial charge in [0.25, 0.3) is 0 Å². The molecule has 5 heterocycles. The number of nitrogens with zero attached hydrogens (tertiary/aromatic N) is 2. The van der Waals surface area contributed by atoms with E-state index >= 15 is 0 Å². The summed E-state index contributed by atoms with van der Waals surface area (Å²) in [6, 6.07) is 30.3. The molecule has 60 heavy (non-hydrogen) atoms. The minimum Gasteiger partial charge on any atom is -0.355 e. The van der Waals surface area contributed by atoms with Gasteiger partial charge in [-0.25, -0.2) is 9.97 Å². The summed E-state index contributed by atoms with van der Waals surface area (Å²) in [5, 5.41) is 0. The third-order valence-corrected chi connectivity index (χ3v) is 25.9. The van der Waals surface area contributed by atoms with Crippen LogP contribution in [0, 0.1) is 22.9 Å². The summed E-state index contributed by atoms with van der Waals surface area (Å²) in [5.74, 6) is 7.26. The fourth-order valence-corrected chi connectivity index (χ4v) is 20.8. The smallest absolute Gasteiger partial charge is 0.146 e. The molecule has 0 aliphatic carbocycles. The summed E-state index contributed by atoms with van der Waals surface area (Å²) < 4.78 is 0. The van der Waals surface area contributed by atoms with Crippen molar-refractivity contribution < 1.29 is 0 Å². The van der Waals surface area contributed by atoms with Crippen LogP contribution in [0.25, 0.3) is 68.6 Å². The van der Waals surface area contributed by atoms with E-state index in [0.717, 1.165) is 78.2 Å². The fourth-order valence-electron chi connectivity index (χ4n) is 10.3. The first-order chi connectivity index (χ1) is 28.6. The molecule has 5 aromatic rings. The van der Waals surface area contributed by atoms with Crippen LogP contribution in [0.3, 0.4) is 0 Å². The molecule has 306 valence electrons. The predicted octanol–water partition coefficient (Wildman–Crippen LogP) is 15.1. The Balaban J connectivity index is 1.32. The van der Waals surface area contributed by atoms with Gasteiger partial charge in [0.2, 0.25) is 0 Å². The summed E-state index contributed by atoms with van der Waals surface area (Å²) in [5.41, 5.74) is 25.3. The van der Waals surface area contributed by atoms with E-state index in [9.17, 15) is 0 Å². The molecule has 2 aliphatic rings. The maximum absolute atomic E-state index is 5.17. The second-order valence-electron chi connectivity index (χ2n) is 18.7. The van der Waals surface area contributed by atoms with Crippen molar-refractivity contribution in [2.75, 3.05) is 0 Å². The average Bonchev–Trinajstić information content (AvgIpc) is 4.03. The number of rotatable bonds is 8. The Labute approximate surface area is 361 Å². The second kappa shape index (κ2) is 17.3. The van der Waals surface area contributed by atoms with Crippen molar-refractivity contribution in [1.29, 1.82) is 0 Å². The summed E-state index contributed by atoms with van der Waals surface area (Å²) in [6.45, 7) is 28.4. The zero-order chi connectivity index (χ0) is 42.9. The van der Waals surface area contributed by atoms with Crippen LogP contribution in [0.15, 0.2) is 84.9 Å². The number of benzene rings is 2. The van der Waals surface area contributed by atoms with Crippen molar-refractivity contribution in [1.82, 2.24) is 19.9 Å². The molecule has 0 radical (unpaired) electrons. The number of H-pyrrole nitrogens is 2. The van der Waals surface area contributed by atoms with Crippen LogP contribution in [0.2, 0.25) is 33.2 Å². The lowest BCUT2D eigenvalue weighted by molar-refractivity contribution is 0.838. The van der Waals surface area contributed by atoms with E-state index in [-0.39, 0.29) is 0 Å². The van der Waals surface area contributed by atoms with Gasteiger partial charge in [-0.2, -0.15) is 0 Å². The van der Waals surface area contributed by atoms with Gasteiger partial charge in [0.05, 0.1) is 22.8 Å². The molecule has 0 amide bonds. The van der Waals surface area contributed by atoms with Crippen LogP contribution in [-0.2, 0) is 0 Å². The lowest BCUT2D eigenvalue weighted by Gasteiger charge is -2.38. The van der Waals surface area contributed by atoms with Gasteiger partial charge in [-0.15, -0.1) is 11.1 Å². The van der Waals surface area contributed by atoms with Gasteiger partial charge in [0.15, 0.2) is 0 Å². The van der Waals surface area contributed by atoms with Gasteiger partial charge >= 0.3 is 0 Å². The molecule has 7 rings (SSSR count). The molecular weight excluding hydrogens is 761 g/mol. The first-order valence-electron chi connectivity index (χ1n) is 22.0. The zero-order valence-corrected chi connectivity index (χ0v) is 39.8. The Hall–Kier alpha value is -5.41. The van der Waals surface area contributed by atoms with Crippen LogP contribution in [0.1, 0.15) is 117 Å². The minimum absolute atomic E-state index is 0.590. The molecular formula is C54H62N4Si2. The highest BCUT2D eigenvalue weighted by atomic mass is 28.3. The molecule has 6 heteroatoms. The average molecular weight is 823 g/mol. The van der Waals surface area contributed by atoms with Crippen molar-refractivity contribution >= 4 is 62.5 Å². The molecule has 2 aliphatic heterocycles. The molecule has 2 N–H and O–H groups in total. The van der Waals surface area contributed by atoms with Gasteiger partial charge in [-0.1, -0.05) is 119 Å². The maximum atomic E-state index is 5.17. The first kappa shape index (κ1) is 42.7. The van der Waals surface area contributed by atoms with Crippen molar-refractivity contribution in [3.8, 4) is 45.2 Å². The minimum atomic E-state index is -1.84. The number of fused-ring (bicyclic) bond motifs is 8. The number of hydrogen-bond acceptors (Lipinski definition) is 2. The van der Waals surface area contributed by atoms with Crippen LogP contribution < -0.4 is 0 Å². The summed E-state index contributed by atoms with van der Waals surface area (Å²) in [7, 11) is -3.68. The second-order valence-corrected chi connectivity index (χ2v) is 29.8. The normalized spacial score (nSPS) is 12.8. The molecule has 0 unspecified atom stereocenters. The lowest BCUT2D eigenvalue weighted by atomic mass is 10.0. The van der Waals surface area contributed by atoms with E-state index in [4.69, 9.17) is 9.97 Å². The number of hydrogen-bond donors (Lipinski definition) is 2. The van der Waals surface area contributed by atoms with Crippen molar-refractivity contribution in [2.45, 2.75) is 116 Å². The Bertz CT molecular complexity index is 2590. The van der Waals surface area contributed by atoms with E-state index in [1.807, 2.05) is 0 Å². The lowest BCUT2D eigenvalue weighted by Crippen LogP contribution is -2.43. The standard InChI is InChI=1S/C54H62N4Si2/c1-35(2)59(36(3)4,37(5)6)31-29-41-13-17-43(18-14-41)53-49-25-21-45(55-49)33-47-23-27-51(57-47)54(52-28-24-48(58-52)34-46-22-26-50(53)56-46)44-19-15-42(16-20-44)30-32-60(38(7)8,39(9)10)40(11)12/h13-28,33-40,55-56H,1-12H3. The topological polar surface area (TPSA) is 57.4 Å². The Morgan fingerprint density at radius 2 is 0.767 bits per heavy atom. The molecule has 3 aromatic heterocycles. The number of nitrogens with one attached hydrogen (secondary N) is 2. The fraction of sp³-hybridized carbons (Fsp3) is 0.333. The number of aromatic nitrogens is 4. The van der Waals surface area contributed by atoms with Crippen molar-refractivity contribution in [2.24, 2.45) is 0 Å². The highest BCUT2D eigenvalue weighted by Crippen LogP contribution is 2.42. The predicted molar refractivity (Wildman–Crippen MR) is 266 cm³/mol. The van der Waals surface area contributed by atoms with Crippen LogP contribution >= 0.6 is 0 Å². The SMILES string of the molecule is CC(C)[Si](C#Cc1ccc(-c2c3nc(cc4ccc([nH]4)c(-c4ccc(C#C[Si](C(C)C)(C(C)C)C(C)C)cc4)c4ccc(cc5nc2C=C5)[nH]4)C=C3)cc1)(C(C)C)C(C)C. The van der Waals surface area contributed by atoms with Crippen LogP contribution in [0.5, 0.6) is 0 Å². The van der Waals surface area contributed by atoms with Gasteiger partial charge in [-0.3, -0.25) is 0 Å². The molecule has 0 saturated carbocycles. The summed E-state index contributed by atoms with van der Waals surface area (Å²) in [6.07, 6.45) is 8.40. The summed E-state index contributed by atoms with van der Waals surface area (Å²) in [4.78, 5) is 17.8. The molecule has 8 bridgehead atoms.